The van der Waals surface area contributed by atoms with Gasteiger partial charge in [-0.05, 0) is 154 Å². The first-order valence-corrected chi connectivity index (χ1v) is 25.8. The number of likely N-dealkylation sites (tertiary alicyclic amines) is 2. The van der Waals surface area contributed by atoms with Gasteiger partial charge in [0.2, 0.25) is 11.6 Å². The fraction of sp³-hybridized carbons (Fsp3) is 0.288. The Morgan fingerprint density at radius 3 is 1.77 bits per heavy atom. The average Bonchev–Trinajstić information content (AvgIpc) is 4.12. The fourth-order valence-corrected chi connectivity index (χ4v) is 12.1. The second-order valence-electron chi connectivity index (χ2n) is 19.4. The molecule has 2 aromatic heterocycles. The van der Waals surface area contributed by atoms with E-state index in [1.54, 1.807) is 25.1 Å². The highest BCUT2D eigenvalue weighted by Crippen LogP contribution is 2.45. The zero-order valence-corrected chi connectivity index (χ0v) is 41.9. The molecule has 0 amide bonds. The molecule has 8 nitrogen and oxygen atoms in total. The van der Waals surface area contributed by atoms with E-state index in [-0.39, 0.29) is 23.4 Å². The lowest BCUT2D eigenvalue weighted by molar-refractivity contribution is 0.103. The molecule has 2 saturated heterocycles. The number of fused-ring (bicyclic) bond motifs is 2. The standard InChI is InChI=1S/C59H57FN2O6S2/c1-35-6-18-47(37(3)28-35)54(64)59-57(68-45-13-7-40(8-14-45)23-26-61-25-22-36(2)32-61)50-21-17-46(31-53(50)70-59)66-51-34-62(33-39(51)5)27-24-41-9-15-44(16-10-41)67-56-49-20-12-43(63)30-52(49)69-58(56)55(65)48-19-11-42(60)29-38(48)4/h6-21,28-31,36,39,51,63H,22-27,32-34H2,1-5H3/t36-,39+,51?/m0/s1. The molecule has 0 radical (unpaired) electrons. The number of aromatic hydroxyl groups is 1. The topological polar surface area (TPSA) is 88.5 Å². The number of phenols is 1. The van der Waals surface area contributed by atoms with Gasteiger partial charge in [0, 0.05) is 69.9 Å². The molecule has 358 valence electrons. The number of carbonyl (C=O) groups is 2. The van der Waals surface area contributed by atoms with E-state index in [4.69, 9.17) is 14.2 Å². The maximum absolute atomic E-state index is 14.3. The molecule has 1 N–H and O–H groups in total. The van der Waals surface area contributed by atoms with E-state index in [0.29, 0.717) is 65.4 Å². The highest BCUT2D eigenvalue weighted by Gasteiger charge is 2.32. The highest BCUT2D eigenvalue weighted by molar-refractivity contribution is 7.22. The Labute approximate surface area is 416 Å². The third-order valence-electron chi connectivity index (χ3n) is 13.9. The Bertz CT molecular complexity index is 3230. The quantitative estimate of drug-likeness (QED) is 0.0958. The second kappa shape index (κ2) is 20.2. The van der Waals surface area contributed by atoms with Crippen LogP contribution in [-0.2, 0) is 12.8 Å². The summed E-state index contributed by atoms with van der Waals surface area (Å²) >= 11 is 2.70. The molecule has 3 atom stereocenters. The van der Waals surface area contributed by atoms with Crippen molar-refractivity contribution < 1.29 is 33.3 Å². The maximum atomic E-state index is 14.3. The van der Waals surface area contributed by atoms with Crippen molar-refractivity contribution in [3.8, 4) is 34.5 Å². The van der Waals surface area contributed by atoms with Gasteiger partial charge in [0.1, 0.15) is 44.7 Å². The van der Waals surface area contributed by atoms with Crippen LogP contribution in [0.5, 0.6) is 34.5 Å². The molecule has 0 bridgehead atoms. The monoisotopic (exact) mass is 972 g/mol. The van der Waals surface area contributed by atoms with Crippen LogP contribution in [0.25, 0.3) is 20.2 Å². The van der Waals surface area contributed by atoms with Gasteiger partial charge in [-0.15, -0.1) is 22.7 Å². The number of ether oxygens (including phenoxy) is 3. The molecular weight excluding hydrogens is 916 g/mol. The van der Waals surface area contributed by atoms with Crippen LogP contribution < -0.4 is 14.2 Å². The van der Waals surface area contributed by atoms with Gasteiger partial charge < -0.3 is 24.2 Å². The Balaban J connectivity index is 0.804. The van der Waals surface area contributed by atoms with Crippen molar-refractivity contribution in [2.24, 2.45) is 11.8 Å². The molecule has 70 heavy (non-hydrogen) atoms. The first-order chi connectivity index (χ1) is 33.8. The molecule has 0 aliphatic carbocycles. The molecule has 8 aromatic rings. The molecular formula is C59H57FN2O6S2. The number of ketones is 2. The van der Waals surface area contributed by atoms with Gasteiger partial charge in [-0.2, -0.15) is 0 Å². The average molecular weight is 973 g/mol. The zero-order valence-electron chi connectivity index (χ0n) is 40.2. The number of nitrogens with zero attached hydrogens (tertiary/aromatic N) is 2. The summed E-state index contributed by atoms with van der Waals surface area (Å²) in [6.45, 7) is 16.2. The van der Waals surface area contributed by atoms with Crippen LogP contribution in [0, 0.1) is 38.4 Å². The number of benzene rings is 6. The molecule has 10 rings (SSSR count). The predicted molar refractivity (Wildman–Crippen MR) is 280 cm³/mol. The van der Waals surface area contributed by atoms with Crippen molar-refractivity contribution in [1.82, 2.24) is 9.80 Å². The minimum atomic E-state index is -0.402. The summed E-state index contributed by atoms with van der Waals surface area (Å²) < 4.78 is 35.4. The van der Waals surface area contributed by atoms with Gasteiger partial charge in [0.15, 0.2) is 11.5 Å². The van der Waals surface area contributed by atoms with Crippen LogP contribution in [0.2, 0.25) is 0 Å². The van der Waals surface area contributed by atoms with E-state index in [0.717, 1.165) is 77.5 Å². The number of halogens is 1. The van der Waals surface area contributed by atoms with E-state index in [2.05, 4.69) is 47.9 Å². The first-order valence-electron chi connectivity index (χ1n) is 24.2. The molecule has 0 spiro atoms. The summed E-state index contributed by atoms with van der Waals surface area (Å²) in [5.41, 5.74) is 6.08. The SMILES string of the molecule is Cc1ccc(C(=O)c2sc3cc(OC4CN(CCc5ccc(Oc6c(C(=O)c7ccc(F)cc7C)sc7cc(O)ccc67)cc5)C[C@H]4C)ccc3c2Oc2ccc(CCN3CC[C@H](C)C3)cc2)c(C)c1. The number of hydrogen-bond acceptors (Lipinski definition) is 10. The molecule has 4 heterocycles. The fourth-order valence-electron chi connectivity index (χ4n) is 9.92. The first kappa shape index (κ1) is 47.3. The second-order valence-corrected chi connectivity index (χ2v) is 21.5. The van der Waals surface area contributed by atoms with Crippen molar-refractivity contribution in [2.75, 3.05) is 39.3 Å². The van der Waals surface area contributed by atoms with Crippen LogP contribution in [0.1, 0.15) is 78.6 Å². The van der Waals surface area contributed by atoms with Crippen LogP contribution >= 0.6 is 22.7 Å². The van der Waals surface area contributed by atoms with Crippen LogP contribution in [-0.4, -0.2) is 71.8 Å². The van der Waals surface area contributed by atoms with E-state index in [1.165, 1.54) is 65.9 Å². The number of carbonyl (C=O) groups excluding carboxylic acids is 2. The van der Waals surface area contributed by atoms with Gasteiger partial charge in [-0.1, -0.05) is 61.9 Å². The summed E-state index contributed by atoms with van der Waals surface area (Å²) in [6.07, 6.45) is 3.09. The molecule has 0 saturated carbocycles. The van der Waals surface area contributed by atoms with Crippen LogP contribution in [0.4, 0.5) is 4.39 Å². The highest BCUT2D eigenvalue weighted by atomic mass is 32.1. The van der Waals surface area contributed by atoms with E-state index >= 15 is 0 Å². The van der Waals surface area contributed by atoms with Gasteiger partial charge >= 0.3 is 0 Å². The Morgan fingerprint density at radius 1 is 0.629 bits per heavy atom. The van der Waals surface area contributed by atoms with E-state index in [1.807, 2.05) is 74.5 Å². The Hall–Kier alpha value is -6.37. The number of aryl methyl sites for hydroxylation is 3. The van der Waals surface area contributed by atoms with Crippen molar-refractivity contribution >= 4 is 54.4 Å². The number of rotatable bonds is 16. The smallest absolute Gasteiger partial charge is 0.207 e. The van der Waals surface area contributed by atoms with Crippen LogP contribution in [0.15, 0.2) is 121 Å². The number of thiophene rings is 2. The molecule has 2 fully saturated rings. The third-order valence-corrected chi connectivity index (χ3v) is 16.1. The molecule has 6 aromatic carbocycles. The lowest BCUT2D eigenvalue weighted by Crippen LogP contribution is -2.27. The summed E-state index contributed by atoms with van der Waals surface area (Å²) in [6, 6.07) is 37.4. The van der Waals surface area contributed by atoms with Gasteiger partial charge in [-0.3, -0.25) is 14.5 Å². The maximum Gasteiger partial charge on any atom is 0.207 e. The molecule has 11 heteroatoms. The zero-order chi connectivity index (χ0) is 48.6. The summed E-state index contributed by atoms with van der Waals surface area (Å²) in [5.74, 6) is 3.50. The van der Waals surface area contributed by atoms with Crippen molar-refractivity contribution in [3.63, 3.8) is 0 Å². The minimum Gasteiger partial charge on any atom is -0.508 e. The molecule has 2 aliphatic heterocycles. The lowest BCUT2D eigenvalue weighted by atomic mass is 10.0. The number of phenolic OH excluding ortho intramolecular Hbond substituents is 1. The largest absolute Gasteiger partial charge is 0.508 e. The molecule has 1 unspecified atom stereocenters. The van der Waals surface area contributed by atoms with E-state index in [9.17, 15) is 19.1 Å². The number of hydrogen-bond donors (Lipinski definition) is 1. The Morgan fingerprint density at radius 2 is 1.19 bits per heavy atom. The van der Waals surface area contributed by atoms with E-state index < -0.39 is 5.82 Å². The summed E-state index contributed by atoms with van der Waals surface area (Å²) in [5, 5.41) is 11.8. The van der Waals surface area contributed by atoms with Crippen molar-refractivity contribution in [3.05, 3.63) is 176 Å². The molecule has 2 aliphatic rings. The van der Waals surface area contributed by atoms with Gasteiger partial charge in [0.05, 0.1) is 0 Å². The van der Waals surface area contributed by atoms with Crippen LogP contribution in [0.3, 0.4) is 0 Å². The summed E-state index contributed by atoms with van der Waals surface area (Å²) in [7, 11) is 0. The van der Waals surface area contributed by atoms with Gasteiger partial charge in [0.25, 0.3) is 0 Å². The summed E-state index contributed by atoms with van der Waals surface area (Å²) in [4.78, 5) is 34.1. The van der Waals surface area contributed by atoms with Gasteiger partial charge in [-0.25, -0.2) is 4.39 Å². The van der Waals surface area contributed by atoms with Crippen molar-refractivity contribution in [1.29, 1.82) is 0 Å². The predicted octanol–water partition coefficient (Wildman–Crippen LogP) is 13.8. The lowest BCUT2D eigenvalue weighted by Gasteiger charge is -2.18. The minimum absolute atomic E-state index is 0.00875. The van der Waals surface area contributed by atoms with Crippen molar-refractivity contribution in [2.45, 2.75) is 60.0 Å². The third kappa shape index (κ3) is 10.3. The Kier molecular flexibility index (Phi) is 13.6. The normalized spacial score (nSPS) is 17.4.